The highest BCUT2D eigenvalue weighted by Crippen LogP contribution is 2.26. The van der Waals surface area contributed by atoms with Crippen LogP contribution in [0, 0.1) is 0 Å². The highest BCUT2D eigenvalue weighted by molar-refractivity contribution is 7.14. The lowest BCUT2D eigenvalue weighted by Gasteiger charge is -2.34. The summed E-state index contributed by atoms with van der Waals surface area (Å²) < 4.78 is 0. The third kappa shape index (κ3) is 4.35. The molecule has 146 valence electrons. The summed E-state index contributed by atoms with van der Waals surface area (Å²) in [5, 5.41) is 6.92. The second-order valence-electron chi connectivity index (χ2n) is 7.51. The second kappa shape index (κ2) is 8.55. The number of thiazole rings is 1. The molecule has 0 bridgehead atoms. The monoisotopic (exact) mass is 411 g/mol. The molecule has 1 aliphatic heterocycles. The zero-order valence-electron chi connectivity index (χ0n) is 16.3. The van der Waals surface area contributed by atoms with Crippen molar-refractivity contribution in [3.63, 3.8) is 0 Å². The van der Waals surface area contributed by atoms with Gasteiger partial charge in [0.2, 0.25) is 0 Å². The van der Waals surface area contributed by atoms with Crippen molar-refractivity contribution in [1.82, 2.24) is 14.8 Å². The molecule has 3 aromatic rings. The number of carbonyl (C=O) groups is 1. The van der Waals surface area contributed by atoms with E-state index in [0.29, 0.717) is 11.6 Å². The number of nitrogens with zero attached hydrogens (tertiary/aromatic N) is 3. The first-order valence-corrected chi connectivity index (χ1v) is 11.5. The van der Waals surface area contributed by atoms with Crippen molar-refractivity contribution in [3.05, 3.63) is 63.3 Å². The maximum Gasteiger partial charge on any atom is 0.273 e. The average Bonchev–Trinajstić information content (AvgIpc) is 3.40. The molecule has 1 amide bonds. The number of hydrogen-bond donors (Lipinski definition) is 0. The van der Waals surface area contributed by atoms with Crippen LogP contribution < -0.4 is 0 Å². The standard InChI is InChI=1S/C22H25N3OS2/c1-16(2)18-5-3-17(4-6-18)13-24-8-10-25(11-9-24)22(26)20-15-28-21(23-20)19-7-12-27-14-19/h3-7,12,14-16H,8-11,13H2,1-2H3. The van der Waals surface area contributed by atoms with Crippen LogP contribution in [-0.4, -0.2) is 46.9 Å². The number of aromatic nitrogens is 1. The normalized spacial score (nSPS) is 15.3. The van der Waals surface area contributed by atoms with Crippen molar-refractivity contribution in [2.24, 2.45) is 0 Å². The van der Waals surface area contributed by atoms with E-state index in [1.54, 1.807) is 22.7 Å². The van der Waals surface area contributed by atoms with Gasteiger partial charge in [-0.2, -0.15) is 11.3 Å². The summed E-state index contributed by atoms with van der Waals surface area (Å²) in [6.07, 6.45) is 0. The van der Waals surface area contributed by atoms with Crippen LogP contribution in [0.15, 0.2) is 46.5 Å². The van der Waals surface area contributed by atoms with E-state index >= 15 is 0 Å². The van der Waals surface area contributed by atoms with E-state index in [1.165, 1.54) is 11.1 Å². The number of benzene rings is 1. The van der Waals surface area contributed by atoms with Crippen LogP contribution in [0.4, 0.5) is 0 Å². The maximum atomic E-state index is 12.8. The van der Waals surface area contributed by atoms with Crippen LogP contribution in [0.3, 0.4) is 0 Å². The number of piperazine rings is 1. The lowest BCUT2D eigenvalue weighted by Crippen LogP contribution is -2.48. The molecule has 6 heteroatoms. The molecule has 0 aliphatic carbocycles. The fourth-order valence-corrected chi connectivity index (χ4v) is 4.93. The van der Waals surface area contributed by atoms with Gasteiger partial charge in [-0.1, -0.05) is 38.1 Å². The Morgan fingerprint density at radius 2 is 1.82 bits per heavy atom. The molecule has 28 heavy (non-hydrogen) atoms. The molecule has 3 heterocycles. The third-order valence-electron chi connectivity index (χ3n) is 5.20. The lowest BCUT2D eigenvalue weighted by atomic mass is 10.0. The third-order valence-corrected chi connectivity index (χ3v) is 6.78. The summed E-state index contributed by atoms with van der Waals surface area (Å²) in [5.74, 6) is 0.619. The SMILES string of the molecule is CC(C)c1ccc(CN2CCN(C(=O)c3csc(-c4ccsc4)n3)CC2)cc1. The fraction of sp³-hybridized carbons (Fsp3) is 0.364. The fourth-order valence-electron chi connectivity index (χ4n) is 3.43. The highest BCUT2D eigenvalue weighted by Gasteiger charge is 2.24. The molecule has 4 rings (SSSR count). The quantitative estimate of drug-likeness (QED) is 0.596. The predicted molar refractivity (Wildman–Crippen MR) is 117 cm³/mol. The lowest BCUT2D eigenvalue weighted by molar-refractivity contribution is 0.0623. The minimum atomic E-state index is 0.0543. The van der Waals surface area contributed by atoms with Crippen molar-refractivity contribution in [2.75, 3.05) is 26.2 Å². The molecule has 1 saturated heterocycles. The van der Waals surface area contributed by atoms with Gasteiger partial charge in [-0.05, 0) is 28.5 Å². The van der Waals surface area contributed by atoms with Crippen LogP contribution in [0.25, 0.3) is 10.6 Å². The van der Waals surface area contributed by atoms with Crippen LogP contribution in [-0.2, 0) is 6.54 Å². The second-order valence-corrected chi connectivity index (χ2v) is 9.15. The Morgan fingerprint density at radius 1 is 1.07 bits per heavy atom. The molecular formula is C22H25N3OS2. The first-order valence-electron chi connectivity index (χ1n) is 9.68. The van der Waals surface area contributed by atoms with Gasteiger partial charge in [0.05, 0.1) is 0 Å². The molecule has 0 N–H and O–H groups in total. The summed E-state index contributed by atoms with van der Waals surface area (Å²) >= 11 is 3.19. The van der Waals surface area contributed by atoms with Gasteiger partial charge in [0.25, 0.3) is 5.91 Å². The summed E-state index contributed by atoms with van der Waals surface area (Å²) in [6.45, 7) is 8.70. The molecule has 0 atom stereocenters. The minimum Gasteiger partial charge on any atom is -0.335 e. The zero-order chi connectivity index (χ0) is 19.5. The van der Waals surface area contributed by atoms with Crippen molar-refractivity contribution in [1.29, 1.82) is 0 Å². The highest BCUT2D eigenvalue weighted by atomic mass is 32.1. The summed E-state index contributed by atoms with van der Waals surface area (Å²) in [5.41, 5.74) is 4.39. The smallest absolute Gasteiger partial charge is 0.273 e. The molecule has 0 unspecified atom stereocenters. The molecule has 1 aliphatic rings. The number of carbonyl (C=O) groups excluding carboxylic acids is 1. The van der Waals surface area contributed by atoms with Crippen LogP contribution in [0.2, 0.25) is 0 Å². The number of thiophene rings is 1. The molecule has 4 nitrogen and oxygen atoms in total. The van der Waals surface area contributed by atoms with E-state index in [1.807, 2.05) is 21.7 Å². The first kappa shape index (κ1) is 19.3. The minimum absolute atomic E-state index is 0.0543. The molecule has 2 aromatic heterocycles. The van der Waals surface area contributed by atoms with Gasteiger partial charge in [0.15, 0.2) is 0 Å². The topological polar surface area (TPSA) is 36.4 Å². The van der Waals surface area contributed by atoms with Crippen molar-refractivity contribution in [3.8, 4) is 10.6 Å². The molecular weight excluding hydrogens is 386 g/mol. The van der Waals surface area contributed by atoms with E-state index in [9.17, 15) is 4.79 Å². The molecule has 0 spiro atoms. The van der Waals surface area contributed by atoms with Gasteiger partial charge in [-0.25, -0.2) is 4.98 Å². The number of hydrogen-bond acceptors (Lipinski definition) is 5. The Morgan fingerprint density at radius 3 is 2.46 bits per heavy atom. The van der Waals surface area contributed by atoms with Gasteiger partial charge in [0.1, 0.15) is 10.7 Å². The molecule has 0 saturated carbocycles. The Hall–Kier alpha value is -2.02. The van der Waals surface area contributed by atoms with Crippen LogP contribution >= 0.6 is 22.7 Å². The largest absolute Gasteiger partial charge is 0.335 e. The van der Waals surface area contributed by atoms with Crippen molar-refractivity contribution < 1.29 is 4.79 Å². The van der Waals surface area contributed by atoms with Gasteiger partial charge in [0, 0.05) is 49.0 Å². The van der Waals surface area contributed by atoms with E-state index in [-0.39, 0.29) is 5.91 Å². The van der Waals surface area contributed by atoms with Gasteiger partial charge < -0.3 is 4.90 Å². The first-order chi connectivity index (χ1) is 13.6. The maximum absolute atomic E-state index is 12.8. The van der Waals surface area contributed by atoms with E-state index in [2.05, 4.69) is 53.4 Å². The zero-order valence-corrected chi connectivity index (χ0v) is 17.9. The van der Waals surface area contributed by atoms with Crippen molar-refractivity contribution in [2.45, 2.75) is 26.3 Å². The van der Waals surface area contributed by atoms with Crippen LogP contribution in [0.1, 0.15) is 41.4 Å². The van der Waals surface area contributed by atoms with E-state index < -0.39 is 0 Å². The summed E-state index contributed by atoms with van der Waals surface area (Å²) in [6, 6.07) is 11.0. The Kier molecular flexibility index (Phi) is 5.90. The summed E-state index contributed by atoms with van der Waals surface area (Å²) in [7, 11) is 0. The Balaban J connectivity index is 1.32. The molecule has 1 aromatic carbocycles. The van der Waals surface area contributed by atoms with Crippen molar-refractivity contribution >= 4 is 28.6 Å². The van der Waals surface area contributed by atoms with E-state index in [0.717, 1.165) is 43.3 Å². The Bertz CT molecular complexity index is 908. The Labute approximate surface area is 174 Å². The van der Waals surface area contributed by atoms with E-state index in [4.69, 9.17) is 0 Å². The number of amides is 1. The molecule has 0 radical (unpaired) electrons. The van der Waals surface area contributed by atoms with Gasteiger partial charge in [-0.3, -0.25) is 9.69 Å². The predicted octanol–water partition coefficient (Wildman–Crippen LogP) is 4.95. The summed E-state index contributed by atoms with van der Waals surface area (Å²) in [4.78, 5) is 21.7. The van der Waals surface area contributed by atoms with Gasteiger partial charge >= 0.3 is 0 Å². The molecule has 1 fully saturated rings. The van der Waals surface area contributed by atoms with Crippen LogP contribution in [0.5, 0.6) is 0 Å². The average molecular weight is 412 g/mol. The number of rotatable bonds is 5. The van der Waals surface area contributed by atoms with Gasteiger partial charge in [-0.15, -0.1) is 11.3 Å².